The van der Waals surface area contributed by atoms with Gasteiger partial charge in [-0.1, -0.05) is 24.6 Å². The average molecular weight is 294 g/mol. The summed E-state index contributed by atoms with van der Waals surface area (Å²) in [7, 11) is 0. The molecule has 0 bridgehead atoms. The Hall–Kier alpha value is -1.59. The number of nitrogens with one attached hydrogen (secondary N) is 1. The lowest BCUT2D eigenvalue weighted by Crippen LogP contribution is -2.17. The molecule has 19 heavy (non-hydrogen) atoms. The average Bonchev–Trinajstić information content (AvgIpc) is 3.02. The van der Waals surface area contributed by atoms with E-state index in [2.05, 4.69) is 10.1 Å². The van der Waals surface area contributed by atoms with E-state index in [4.69, 9.17) is 11.6 Å². The molecule has 4 nitrogen and oxygen atoms in total. The van der Waals surface area contributed by atoms with E-state index in [0.29, 0.717) is 11.3 Å². The number of aromatic nitrogens is 3. The second kappa shape index (κ2) is 4.51. The minimum absolute atomic E-state index is 0.166. The molecular weight excluding hydrogens is 282 g/mol. The zero-order valence-corrected chi connectivity index (χ0v) is 12.1. The second-order valence-electron chi connectivity index (χ2n) is 4.27. The van der Waals surface area contributed by atoms with Crippen molar-refractivity contribution in [1.29, 1.82) is 0 Å². The van der Waals surface area contributed by atoms with Gasteiger partial charge in [-0.05, 0) is 24.8 Å². The summed E-state index contributed by atoms with van der Waals surface area (Å²) in [5, 5.41) is 5.28. The molecule has 0 saturated heterocycles. The van der Waals surface area contributed by atoms with Gasteiger partial charge in [0.1, 0.15) is 5.02 Å². The molecule has 0 aliphatic carbocycles. The van der Waals surface area contributed by atoms with Crippen molar-refractivity contribution >= 4 is 28.6 Å². The van der Waals surface area contributed by atoms with E-state index in [9.17, 15) is 4.79 Å². The molecule has 0 aliphatic rings. The summed E-state index contributed by atoms with van der Waals surface area (Å²) in [6.07, 6.45) is 0.798. The maximum atomic E-state index is 12.2. The van der Waals surface area contributed by atoms with E-state index in [-0.39, 0.29) is 10.6 Å². The van der Waals surface area contributed by atoms with E-state index in [1.54, 1.807) is 18.3 Å². The van der Waals surface area contributed by atoms with Gasteiger partial charge in [0.05, 0.1) is 11.3 Å². The molecule has 0 amide bonds. The van der Waals surface area contributed by atoms with Crippen LogP contribution in [0.3, 0.4) is 0 Å². The fourth-order valence-corrected chi connectivity index (χ4v) is 3.06. The predicted octanol–water partition coefficient (Wildman–Crippen LogP) is 3.28. The normalized spacial score (nSPS) is 11.3. The number of thiophene rings is 1. The van der Waals surface area contributed by atoms with Crippen LogP contribution in [0.2, 0.25) is 5.02 Å². The fourth-order valence-electron chi connectivity index (χ4n) is 2.14. The first-order chi connectivity index (χ1) is 9.13. The van der Waals surface area contributed by atoms with Crippen LogP contribution in [0.25, 0.3) is 16.1 Å². The first kappa shape index (κ1) is 12.4. The van der Waals surface area contributed by atoms with Gasteiger partial charge in [-0.2, -0.15) is 4.52 Å². The molecular formula is C13H12ClN3OS. The highest BCUT2D eigenvalue weighted by atomic mass is 35.5. The smallest absolute Gasteiger partial charge is 0.291 e. The van der Waals surface area contributed by atoms with Crippen molar-refractivity contribution in [1.82, 2.24) is 14.6 Å². The summed E-state index contributed by atoms with van der Waals surface area (Å²) < 4.78 is 1.43. The van der Waals surface area contributed by atoms with Crippen LogP contribution in [0.1, 0.15) is 18.3 Å². The molecule has 6 heteroatoms. The summed E-state index contributed by atoms with van der Waals surface area (Å²) in [6, 6.07) is 4.02. The van der Waals surface area contributed by atoms with Gasteiger partial charge in [0, 0.05) is 10.6 Å². The van der Waals surface area contributed by atoms with Crippen molar-refractivity contribution in [3.8, 4) is 10.4 Å². The van der Waals surface area contributed by atoms with Crippen molar-refractivity contribution in [2.45, 2.75) is 20.3 Å². The first-order valence-electron chi connectivity index (χ1n) is 5.97. The number of nitrogens with zero attached hydrogens (tertiary/aromatic N) is 2. The van der Waals surface area contributed by atoms with Gasteiger partial charge >= 0.3 is 0 Å². The highest BCUT2D eigenvalue weighted by molar-refractivity contribution is 7.13. The lowest BCUT2D eigenvalue weighted by molar-refractivity contribution is 0.853. The number of rotatable bonds is 2. The Kier molecular flexibility index (Phi) is 2.95. The van der Waals surface area contributed by atoms with Crippen molar-refractivity contribution in [2.24, 2.45) is 0 Å². The molecule has 0 radical (unpaired) electrons. The number of halogens is 1. The molecule has 3 rings (SSSR count). The van der Waals surface area contributed by atoms with Crippen LogP contribution in [0.4, 0.5) is 0 Å². The van der Waals surface area contributed by atoms with Crippen LogP contribution in [-0.2, 0) is 6.42 Å². The third kappa shape index (κ3) is 1.81. The van der Waals surface area contributed by atoms with Crippen molar-refractivity contribution in [2.75, 3.05) is 0 Å². The Morgan fingerprint density at radius 2 is 2.32 bits per heavy atom. The van der Waals surface area contributed by atoms with E-state index in [1.165, 1.54) is 4.52 Å². The lowest BCUT2D eigenvalue weighted by atomic mass is 10.1. The van der Waals surface area contributed by atoms with Gasteiger partial charge in [-0.25, -0.2) is 4.98 Å². The number of hydrogen-bond donors (Lipinski definition) is 1. The maximum absolute atomic E-state index is 12.2. The van der Waals surface area contributed by atoms with E-state index in [0.717, 1.165) is 22.6 Å². The van der Waals surface area contributed by atoms with Gasteiger partial charge in [0.25, 0.3) is 5.56 Å². The van der Waals surface area contributed by atoms with E-state index >= 15 is 0 Å². The molecule has 0 fully saturated rings. The maximum Gasteiger partial charge on any atom is 0.291 e. The van der Waals surface area contributed by atoms with E-state index < -0.39 is 0 Å². The zero-order chi connectivity index (χ0) is 13.6. The minimum atomic E-state index is -0.248. The summed E-state index contributed by atoms with van der Waals surface area (Å²) >= 11 is 7.61. The fraction of sp³-hybridized carbons (Fsp3) is 0.231. The summed E-state index contributed by atoms with van der Waals surface area (Å²) in [4.78, 5) is 17.7. The topological polar surface area (TPSA) is 50.2 Å². The third-order valence-electron chi connectivity index (χ3n) is 3.09. The minimum Gasteiger partial charge on any atom is -0.293 e. The molecule has 3 aromatic rings. The number of aromatic amines is 1. The molecule has 0 saturated carbocycles. The SMILES string of the molecule is CCc1[nH]n2c(=O)c(Cl)c(C)nc2c1-c1cccs1. The van der Waals surface area contributed by atoms with Crippen molar-refractivity contribution < 1.29 is 0 Å². The highest BCUT2D eigenvalue weighted by Gasteiger charge is 2.18. The van der Waals surface area contributed by atoms with E-state index in [1.807, 2.05) is 24.4 Å². The Bertz CT molecular complexity index is 802. The summed E-state index contributed by atoms with van der Waals surface area (Å²) in [6.45, 7) is 3.79. The van der Waals surface area contributed by atoms with Crippen LogP contribution >= 0.6 is 22.9 Å². The molecule has 1 N–H and O–H groups in total. The molecule has 0 aromatic carbocycles. The number of hydrogen-bond acceptors (Lipinski definition) is 3. The number of H-pyrrole nitrogens is 1. The molecule has 0 aliphatic heterocycles. The van der Waals surface area contributed by atoms with Crippen LogP contribution in [0.15, 0.2) is 22.3 Å². The van der Waals surface area contributed by atoms with Gasteiger partial charge in [-0.3, -0.25) is 9.89 Å². The molecule has 3 aromatic heterocycles. The van der Waals surface area contributed by atoms with Crippen LogP contribution in [-0.4, -0.2) is 14.6 Å². The van der Waals surface area contributed by atoms with Crippen LogP contribution in [0.5, 0.6) is 0 Å². The second-order valence-corrected chi connectivity index (χ2v) is 5.60. The highest BCUT2D eigenvalue weighted by Crippen LogP contribution is 2.31. The lowest BCUT2D eigenvalue weighted by Gasteiger charge is -2.00. The molecule has 0 unspecified atom stereocenters. The van der Waals surface area contributed by atoms with Gasteiger partial charge in [-0.15, -0.1) is 11.3 Å². The Morgan fingerprint density at radius 1 is 1.53 bits per heavy atom. The van der Waals surface area contributed by atoms with Crippen molar-refractivity contribution in [3.05, 3.63) is 44.3 Å². The standard InChI is InChI=1S/C13H12ClN3OS/c1-3-8-10(9-5-4-6-19-9)12-15-7(2)11(14)13(18)17(12)16-8/h4-6,16H,3H2,1-2H3. The van der Waals surface area contributed by atoms with Gasteiger partial charge in [0.2, 0.25) is 0 Å². The molecule has 0 spiro atoms. The quantitative estimate of drug-likeness (QED) is 0.788. The number of fused-ring (bicyclic) bond motifs is 1. The molecule has 0 atom stereocenters. The zero-order valence-electron chi connectivity index (χ0n) is 10.5. The van der Waals surface area contributed by atoms with Crippen LogP contribution in [0, 0.1) is 6.92 Å². The first-order valence-corrected chi connectivity index (χ1v) is 7.22. The van der Waals surface area contributed by atoms with Crippen molar-refractivity contribution in [3.63, 3.8) is 0 Å². The molecule has 98 valence electrons. The van der Waals surface area contributed by atoms with Crippen LogP contribution < -0.4 is 5.56 Å². The van der Waals surface area contributed by atoms with Gasteiger partial charge in [0.15, 0.2) is 5.65 Å². The monoisotopic (exact) mass is 293 g/mol. The predicted molar refractivity (Wildman–Crippen MR) is 78.3 cm³/mol. The largest absolute Gasteiger partial charge is 0.293 e. The third-order valence-corrected chi connectivity index (χ3v) is 4.41. The number of aryl methyl sites for hydroxylation is 2. The Morgan fingerprint density at radius 3 is 2.95 bits per heavy atom. The Labute approximate surface area is 118 Å². The molecule has 3 heterocycles. The summed E-state index contributed by atoms with van der Waals surface area (Å²) in [5.74, 6) is 0. The Balaban J connectivity index is 2.47. The van der Waals surface area contributed by atoms with Gasteiger partial charge < -0.3 is 0 Å². The summed E-state index contributed by atoms with van der Waals surface area (Å²) in [5.41, 5.74) is 2.95.